The summed E-state index contributed by atoms with van der Waals surface area (Å²) in [4.78, 5) is 15.4. The molecule has 2 aromatic carbocycles. The Morgan fingerprint density at radius 1 is 1.11 bits per heavy atom. The summed E-state index contributed by atoms with van der Waals surface area (Å²) in [5, 5.41) is 6.55. The summed E-state index contributed by atoms with van der Waals surface area (Å²) >= 11 is 0. The first-order chi connectivity index (χ1) is 12.8. The fourth-order valence-corrected chi connectivity index (χ4v) is 4.22. The summed E-state index contributed by atoms with van der Waals surface area (Å²) in [6, 6.07) is 15.0. The Kier molecular flexibility index (Phi) is 6.53. The van der Waals surface area contributed by atoms with Gasteiger partial charge in [-0.15, -0.1) is 12.4 Å². The highest BCUT2D eigenvalue weighted by molar-refractivity contribution is 5.99. The number of halogens is 1. The normalized spacial score (nSPS) is 18.3. The quantitative estimate of drug-likeness (QED) is 0.773. The third-order valence-corrected chi connectivity index (χ3v) is 5.50. The maximum Gasteiger partial charge on any atom is 0.251 e. The summed E-state index contributed by atoms with van der Waals surface area (Å²) in [5.41, 5.74) is 5.84. The second kappa shape index (κ2) is 8.87. The van der Waals surface area contributed by atoms with Crippen LogP contribution < -0.4 is 10.6 Å². The van der Waals surface area contributed by atoms with Crippen LogP contribution >= 0.6 is 12.4 Å². The Morgan fingerprint density at radius 2 is 1.85 bits per heavy atom. The molecule has 0 radical (unpaired) electrons. The number of fused-ring (bicyclic) bond motifs is 3. The van der Waals surface area contributed by atoms with Gasteiger partial charge in [-0.3, -0.25) is 9.69 Å². The first kappa shape index (κ1) is 19.9. The third-order valence-electron chi connectivity index (χ3n) is 5.50. The number of hydrogen-bond acceptors (Lipinski definition) is 3. The maximum atomic E-state index is 12.9. The number of hydrogen-bond donors (Lipinski definition) is 2. The molecule has 0 saturated carbocycles. The molecule has 1 unspecified atom stereocenters. The van der Waals surface area contributed by atoms with Gasteiger partial charge in [-0.1, -0.05) is 49.7 Å². The lowest BCUT2D eigenvalue weighted by Gasteiger charge is -2.34. The van der Waals surface area contributed by atoms with Gasteiger partial charge in [-0.2, -0.15) is 0 Å². The number of benzene rings is 2. The van der Waals surface area contributed by atoms with Crippen LogP contribution in [0.25, 0.3) is 11.1 Å². The molecule has 4 rings (SSSR count). The minimum atomic E-state index is 0. The predicted octanol–water partition coefficient (Wildman–Crippen LogP) is 3.61. The molecule has 2 aromatic rings. The van der Waals surface area contributed by atoms with E-state index in [1.54, 1.807) is 0 Å². The van der Waals surface area contributed by atoms with Crippen molar-refractivity contribution in [3.8, 4) is 11.1 Å². The van der Waals surface area contributed by atoms with Crippen molar-refractivity contribution in [1.82, 2.24) is 15.5 Å². The van der Waals surface area contributed by atoms with Gasteiger partial charge in [0.1, 0.15) is 0 Å². The van der Waals surface area contributed by atoms with E-state index in [0.717, 1.165) is 51.1 Å². The molecule has 1 amide bonds. The molecule has 0 spiro atoms. The van der Waals surface area contributed by atoms with E-state index in [9.17, 15) is 4.79 Å². The molecule has 1 heterocycles. The molecule has 2 N–H and O–H groups in total. The van der Waals surface area contributed by atoms with Crippen molar-refractivity contribution in [2.24, 2.45) is 0 Å². The van der Waals surface area contributed by atoms with Gasteiger partial charge in [0.05, 0.1) is 6.04 Å². The van der Waals surface area contributed by atoms with Crippen molar-refractivity contribution in [2.75, 3.05) is 32.7 Å². The zero-order valence-electron chi connectivity index (χ0n) is 15.8. The topological polar surface area (TPSA) is 44.4 Å². The van der Waals surface area contributed by atoms with Crippen LogP contribution in [0.3, 0.4) is 0 Å². The van der Waals surface area contributed by atoms with Crippen LogP contribution in [-0.4, -0.2) is 43.5 Å². The van der Waals surface area contributed by atoms with Gasteiger partial charge in [0, 0.05) is 38.3 Å². The number of carbonyl (C=O) groups is 1. The van der Waals surface area contributed by atoms with Crippen LogP contribution in [0.1, 0.15) is 47.3 Å². The van der Waals surface area contributed by atoms with Crippen LogP contribution in [-0.2, 0) is 0 Å². The second-order valence-corrected chi connectivity index (χ2v) is 7.15. The van der Waals surface area contributed by atoms with E-state index in [1.165, 1.54) is 22.3 Å². The molecule has 0 aromatic heterocycles. The van der Waals surface area contributed by atoms with Crippen molar-refractivity contribution < 1.29 is 4.79 Å². The van der Waals surface area contributed by atoms with Crippen LogP contribution in [0.4, 0.5) is 0 Å². The Balaban J connectivity index is 0.00000210. The highest BCUT2D eigenvalue weighted by Crippen LogP contribution is 2.47. The van der Waals surface area contributed by atoms with E-state index >= 15 is 0 Å². The summed E-state index contributed by atoms with van der Waals surface area (Å²) in [5.74, 6) is 0.0586. The van der Waals surface area contributed by atoms with Crippen molar-refractivity contribution >= 4 is 18.3 Å². The maximum absolute atomic E-state index is 12.9. The Morgan fingerprint density at radius 3 is 2.63 bits per heavy atom. The number of unbranched alkanes of at least 4 members (excludes halogenated alkanes) is 1. The van der Waals surface area contributed by atoms with Crippen molar-refractivity contribution in [1.29, 1.82) is 0 Å². The molecule has 2 aliphatic rings. The predicted molar refractivity (Wildman–Crippen MR) is 113 cm³/mol. The van der Waals surface area contributed by atoms with Gasteiger partial charge in [0.25, 0.3) is 5.91 Å². The Labute approximate surface area is 167 Å². The van der Waals surface area contributed by atoms with Crippen LogP contribution in [0, 0.1) is 0 Å². The molecule has 27 heavy (non-hydrogen) atoms. The fraction of sp³-hybridized carbons (Fsp3) is 0.409. The molecule has 0 bridgehead atoms. The van der Waals surface area contributed by atoms with Crippen LogP contribution in [0.5, 0.6) is 0 Å². The number of nitrogens with one attached hydrogen (secondary N) is 2. The summed E-state index contributed by atoms with van der Waals surface area (Å²) in [7, 11) is 0. The van der Waals surface area contributed by atoms with Crippen molar-refractivity contribution in [3.05, 3.63) is 59.2 Å². The van der Waals surface area contributed by atoms with Gasteiger partial charge in [0.15, 0.2) is 0 Å². The van der Waals surface area contributed by atoms with Crippen molar-refractivity contribution in [3.63, 3.8) is 0 Å². The molecule has 5 heteroatoms. The minimum absolute atomic E-state index is 0. The van der Waals surface area contributed by atoms with E-state index < -0.39 is 0 Å². The van der Waals surface area contributed by atoms with Crippen LogP contribution in [0.2, 0.25) is 0 Å². The Bertz CT molecular complexity index is 802. The summed E-state index contributed by atoms with van der Waals surface area (Å²) < 4.78 is 0. The Hall–Kier alpha value is -1.88. The lowest BCUT2D eigenvalue weighted by atomic mass is 9.96. The first-order valence-electron chi connectivity index (χ1n) is 9.76. The second-order valence-electron chi connectivity index (χ2n) is 7.15. The highest BCUT2D eigenvalue weighted by Gasteiger charge is 2.36. The molecule has 1 atom stereocenters. The summed E-state index contributed by atoms with van der Waals surface area (Å²) in [6.45, 7) is 6.89. The van der Waals surface area contributed by atoms with Gasteiger partial charge in [0.2, 0.25) is 0 Å². The van der Waals surface area contributed by atoms with E-state index in [2.05, 4.69) is 52.8 Å². The number of rotatable bonds is 5. The standard InChI is InChI=1S/C22H27N3O.ClH/c1-2-3-11-24-22(26)19-10-6-9-17-16-7-4-5-8-18(16)21(20(17)19)25-14-12-23-13-15-25;/h4-10,21,23H,2-3,11-15H2,1H3,(H,24,26);1H. The van der Waals surface area contributed by atoms with E-state index in [0.29, 0.717) is 0 Å². The molecule has 4 nitrogen and oxygen atoms in total. The lowest BCUT2D eigenvalue weighted by Crippen LogP contribution is -2.45. The molecule has 1 saturated heterocycles. The largest absolute Gasteiger partial charge is 0.352 e. The number of amides is 1. The monoisotopic (exact) mass is 385 g/mol. The summed E-state index contributed by atoms with van der Waals surface area (Å²) in [6.07, 6.45) is 2.10. The zero-order valence-corrected chi connectivity index (χ0v) is 16.6. The number of piperazine rings is 1. The fourth-order valence-electron chi connectivity index (χ4n) is 4.22. The van der Waals surface area contributed by atoms with Gasteiger partial charge < -0.3 is 10.6 Å². The zero-order chi connectivity index (χ0) is 17.9. The van der Waals surface area contributed by atoms with E-state index in [1.807, 2.05) is 12.1 Å². The van der Waals surface area contributed by atoms with Gasteiger partial charge in [-0.05, 0) is 34.7 Å². The number of nitrogens with zero attached hydrogens (tertiary/aromatic N) is 1. The molecular formula is C22H28ClN3O. The molecule has 1 aliphatic carbocycles. The number of carbonyl (C=O) groups excluding carboxylic acids is 1. The van der Waals surface area contributed by atoms with E-state index in [4.69, 9.17) is 0 Å². The highest BCUT2D eigenvalue weighted by atomic mass is 35.5. The van der Waals surface area contributed by atoms with Crippen LogP contribution in [0.15, 0.2) is 42.5 Å². The average molecular weight is 386 g/mol. The van der Waals surface area contributed by atoms with Gasteiger partial charge in [-0.25, -0.2) is 0 Å². The van der Waals surface area contributed by atoms with E-state index in [-0.39, 0.29) is 24.4 Å². The lowest BCUT2D eigenvalue weighted by molar-refractivity contribution is 0.0950. The minimum Gasteiger partial charge on any atom is -0.352 e. The SMILES string of the molecule is CCCCNC(=O)c1cccc2c1C(N1CCNCC1)c1ccccc1-2.Cl. The molecule has 144 valence electrons. The smallest absolute Gasteiger partial charge is 0.251 e. The first-order valence-corrected chi connectivity index (χ1v) is 9.76. The molecule has 1 aliphatic heterocycles. The molecule has 1 fully saturated rings. The third kappa shape index (κ3) is 3.75. The average Bonchev–Trinajstić information content (AvgIpc) is 3.03. The molecular weight excluding hydrogens is 358 g/mol. The van der Waals surface area contributed by atoms with Gasteiger partial charge >= 0.3 is 0 Å². The van der Waals surface area contributed by atoms with Crippen molar-refractivity contribution in [2.45, 2.75) is 25.8 Å².